The van der Waals surface area contributed by atoms with Gasteiger partial charge in [0.15, 0.2) is 0 Å². The second-order valence-electron chi connectivity index (χ2n) is 10.5. The predicted octanol–water partition coefficient (Wildman–Crippen LogP) is 4.57. The lowest BCUT2D eigenvalue weighted by Crippen LogP contribution is -3.12. The lowest BCUT2D eigenvalue weighted by atomic mass is 9.87. The zero-order valence-electron chi connectivity index (χ0n) is 19.7. The topological polar surface area (TPSA) is 29.6 Å². The maximum absolute atomic E-state index is 10.4. The smallest absolute Gasteiger partial charge is 0.118 e. The Kier molecular flexibility index (Phi) is 8.19. The number of quaternary nitrogens is 1. The Morgan fingerprint density at radius 2 is 1.77 bits per heavy atom. The van der Waals surface area contributed by atoms with Crippen molar-refractivity contribution in [3.05, 3.63) is 59.4 Å². The third kappa shape index (κ3) is 6.72. The molecule has 1 saturated carbocycles. The van der Waals surface area contributed by atoms with Gasteiger partial charge in [0, 0.05) is 18.7 Å². The second-order valence-corrected chi connectivity index (χ2v) is 10.5. The first-order valence-corrected chi connectivity index (χ1v) is 12.1. The van der Waals surface area contributed by atoms with Gasteiger partial charge in [-0.1, -0.05) is 71.2 Å². The monoisotopic (exact) mass is 411 g/mol. The van der Waals surface area contributed by atoms with E-state index in [-0.39, 0.29) is 11.5 Å². The average Bonchev–Trinajstić information content (AvgIpc) is 3.14. The molecule has 0 aliphatic heterocycles. The number of hydrogen-bond acceptors (Lipinski definition) is 1. The average molecular weight is 412 g/mol. The lowest BCUT2D eigenvalue weighted by Gasteiger charge is -2.29. The van der Waals surface area contributed by atoms with E-state index in [1.165, 1.54) is 55.5 Å². The number of aromatic nitrogens is 1. The number of nitrogens with one attached hydrogen (secondary N) is 1. The molecular weight excluding hydrogens is 368 g/mol. The van der Waals surface area contributed by atoms with Crippen LogP contribution in [0.15, 0.2) is 42.6 Å². The minimum Gasteiger partial charge on any atom is -0.387 e. The molecule has 1 aliphatic carbocycles. The molecule has 0 radical (unpaired) electrons. The molecule has 30 heavy (non-hydrogen) atoms. The molecule has 1 unspecified atom stereocenters. The largest absolute Gasteiger partial charge is 0.387 e. The zero-order chi connectivity index (χ0) is 21.6. The van der Waals surface area contributed by atoms with E-state index in [9.17, 15) is 5.11 Å². The van der Waals surface area contributed by atoms with Gasteiger partial charge >= 0.3 is 0 Å². The summed E-state index contributed by atoms with van der Waals surface area (Å²) in [5.74, 6) is 0.825. The summed E-state index contributed by atoms with van der Waals surface area (Å²) >= 11 is 0. The molecule has 1 fully saturated rings. The molecule has 1 aromatic heterocycles. The number of aliphatic hydroxyl groups excluding tert-OH is 1. The van der Waals surface area contributed by atoms with Gasteiger partial charge < -0.3 is 14.6 Å². The summed E-state index contributed by atoms with van der Waals surface area (Å²) in [7, 11) is 0. The van der Waals surface area contributed by atoms with Crippen LogP contribution < -0.4 is 4.90 Å². The summed E-state index contributed by atoms with van der Waals surface area (Å²) < 4.78 is 2.39. The van der Waals surface area contributed by atoms with Crippen molar-refractivity contribution in [1.82, 2.24) is 4.57 Å². The summed E-state index contributed by atoms with van der Waals surface area (Å²) in [5.41, 5.74) is 4.31. The van der Waals surface area contributed by atoms with Gasteiger partial charge in [0.1, 0.15) is 19.2 Å². The molecule has 0 bridgehead atoms. The first-order chi connectivity index (χ1) is 14.3. The minimum atomic E-state index is -0.197. The van der Waals surface area contributed by atoms with E-state index in [2.05, 4.69) is 74.9 Å². The fourth-order valence-corrected chi connectivity index (χ4v) is 4.83. The third-order valence-electron chi connectivity index (χ3n) is 6.83. The van der Waals surface area contributed by atoms with Crippen molar-refractivity contribution in [3.63, 3.8) is 0 Å². The predicted molar refractivity (Wildman–Crippen MR) is 126 cm³/mol. The van der Waals surface area contributed by atoms with Crippen LogP contribution in [0, 0.1) is 5.92 Å². The van der Waals surface area contributed by atoms with E-state index in [0.29, 0.717) is 0 Å². The molecule has 2 atom stereocenters. The van der Waals surface area contributed by atoms with Crippen LogP contribution in [-0.2, 0) is 18.5 Å². The molecule has 166 valence electrons. The fraction of sp³-hybridized carbons (Fsp3) is 0.630. The third-order valence-corrected chi connectivity index (χ3v) is 6.83. The summed E-state index contributed by atoms with van der Waals surface area (Å²) in [6, 6.07) is 13.5. The highest BCUT2D eigenvalue weighted by Gasteiger charge is 2.23. The molecule has 2 N–H and O–H groups in total. The van der Waals surface area contributed by atoms with Crippen LogP contribution in [-0.4, -0.2) is 28.9 Å². The van der Waals surface area contributed by atoms with Crippen molar-refractivity contribution in [1.29, 1.82) is 0 Å². The summed E-state index contributed by atoms with van der Waals surface area (Å²) in [4.78, 5) is 1.54. The van der Waals surface area contributed by atoms with E-state index >= 15 is 0 Å². The van der Waals surface area contributed by atoms with Crippen LogP contribution in [0.1, 0.15) is 83.0 Å². The van der Waals surface area contributed by atoms with Crippen LogP contribution in [0.5, 0.6) is 0 Å². The summed E-state index contributed by atoms with van der Waals surface area (Å²) in [6.07, 6.45) is 9.76. The van der Waals surface area contributed by atoms with Crippen molar-refractivity contribution in [2.45, 2.75) is 90.8 Å². The van der Waals surface area contributed by atoms with Crippen LogP contribution in [0.4, 0.5) is 0 Å². The molecule has 1 heterocycles. The molecule has 1 aliphatic rings. The van der Waals surface area contributed by atoms with Crippen LogP contribution >= 0.6 is 0 Å². The Balaban J connectivity index is 1.67. The van der Waals surface area contributed by atoms with Crippen molar-refractivity contribution in [3.8, 4) is 0 Å². The molecule has 3 nitrogen and oxygen atoms in total. The van der Waals surface area contributed by atoms with E-state index in [4.69, 9.17) is 0 Å². The molecule has 0 amide bonds. The van der Waals surface area contributed by atoms with Gasteiger partial charge in [0.05, 0.1) is 12.2 Å². The van der Waals surface area contributed by atoms with Gasteiger partial charge in [-0.15, -0.1) is 0 Å². The Labute approximate surface area is 184 Å². The standard InChI is InChI=1S/C27H42N2O/c1-5-26(30)21-28(18-22-10-7-6-8-11-22)20-25-12-9-17-29(25)19-23-13-15-24(16-14-23)27(2,3)4/h9,12-17,22,26,30H,5-8,10-11,18-21H2,1-4H3/p+1/t26-/m1/s1. The summed E-state index contributed by atoms with van der Waals surface area (Å²) in [6.45, 7) is 12.9. The summed E-state index contributed by atoms with van der Waals surface area (Å²) in [5, 5.41) is 10.4. The van der Waals surface area contributed by atoms with Crippen LogP contribution in [0.2, 0.25) is 0 Å². The minimum absolute atomic E-state index is 0.195. The maximum atomic E-state index is 10.4. The van der Waals surface area contributed by atoms with Gasteiger partial charge in [0.2, 0.25) is 0 Å². The first kappa shape index (κ1) is 23.1. The van der Waals surface area contributed by atoms with E-state index < -0.39 is 0 Å². The first-order valence-electron chi connectivity index (χ1n) is 12.1. The Hall–Kier alpha value is -1.58. The molecule has 3 rings (SSSR count). The number of rotatable bonds is 9. The number of nitrogens with zero attached hydrogens (tertiary/aromatic N) is 1. The molecular formula is C27H43N2O+. The maximum Gasteiger partial charge on any atom is 0.118 e. The Bertz CT molecular complexity index is 750. The van der Waals surface area contributed by atoms with E-state index in [1.807, 2.05) is 0 Å². The molecule has 2 aromatic rings. The highest BCUT2D eigenvalue weighted by molar-refractivity contribution is 5.28. The highest BCUT2D eigenvalue weighted by atomic mass is 16.3. The quantitative estimate of drug-likeness (QED) is 0.622. The van der Waals surface area contributed by atoms with E-state index in [1.54, 1.807) is 4.90 Å². The van der Waals surface area contributed by atoms with Gasteiger partial charge in [-0.05, 0) is 47.9 Å². The van der Waals surface area contributed by atoms with Crippen molar-refractivity contribution in [2.24, 2.45) is 5.92 Å². The fourth-order valence-electron chi connectivity index (χ4n) is 4.83. The van der Waals surface area contributed by atoms with Crippen molar-refractivity contribution < 1.29 is 10.0 Å². The number of benzene rings is 1. The molecule has 0 saturated heterocycles. The van der Waals surface area contributed by atoms with Gasteiger partial charge in [-0.2, -0.15) is 0 Å². The molecule has 3 heteroatoms. The second kappa shape index (κ2) is 10.6. The number of hydrogen-bond donors (Lipinski definition) is 2. The SMILES string of the molecule is CC[C@@H](O)C[NH+](Cc1cccn1Cc1ccc(C(C)(C)C)cc1)CC1CCCCC1. The normalized spacial score (nSPS) is 17.8. The highest BCUT2D eigenvalue weighted by Crippen LogP contribution is 2.23. The Morgan fingerprint density at radius 3 is 2.40 bits per heavy atom. The lowest BCUT2D eigenvalue weighted by molar-refractivity contribution is -0.920. The van der Waals surface area contributed by atoms with Crippen LogP contribution in [0.3, 0.4) is 0 Å². The molecule has 1 aromatic carbocycles. The van der Waals surface area contributed by atoms with E-state index in [0.717, 1.165) is 32.0 Å². The van der Waals surface area contributed by atoms with Gasteiger partial charge in [-0.25, -0.2) is 0 Å². The van der Waals surface area contributed by atoms with Gasteiger partial charge in [0.25, 0.3) is 0 Å². The van der Waals surface area contributed by atoms with Crippen molar-refractivity contribution in [2.75, 3.05) is 13.1 Å². The molecule has 0 spiro atoms. The zero-order valence-corrected chi connectivity index (χ0v) is 19.7. The number of aliphatic hydroxyl groups is 1. The van der Waals surface area contributed by atoms with Crippen LogP contribution in [0.25, 0.3) is 0 Å². The van der Waals surface area contributed by atoms with Gasteiger partial charge in [-0.3, -0.25) is 0 Å². The van der Waals surface area contributed by atoms with Crippen molar-refractivity contribution >= 4 is 0 Å². The Morgan fingerprint density at radius 1 is 1.07 bits per heavy atom.